The second-order valence-corrected chi connectivity index (χ2v) is 4.66. The number of nitro benzene ring substituents is 1. The van der Waals surface area contributed by atoms with Crippen LogP contribution in [0.25, 0.3) is 0 Å². The van der Waals surface area contributed by atoms with Gasteiger partial charge in [-0.2, -0.15) is 0 Å². The summed E-state index contributed by atoms with van der Waals surface area (Å²) in [6, 6.07) is 0.380. The number of nitrogens with zero attached hydrogens (tertiary/aromatic N) is 1. The van der Waals surface area contributed by atoms with Gasteiger partial charge in [-0.1, -0.05) is 0 Å². The number of halogens is 3. The van der Waals surface area contributed by atoms with E-state index in [0.29, 0.717) is 0 Å². The highest BCUT2D eigenvalue weighted by atomic mass is 79.9. The van der Waals surface area contributed by atoms with Crippen molar-refractivity contribution in [3.05, 3.63) is 32.3 Å². The number of nitrogens with two attached hydrogens (primary N) is 1. The van der Waals surface area contributed by atoms with Gasteiger partial charge in [0.15, 0.2) is 0 Å². The number of hydrogen-bond acceptors (Lipinski definition) is 6. The maximum atomic E-state index is 13.8. The van der Waals surface area contributed by atoms with E-state index >= 15 is 0 Å². The third-order valence-electron chi connectivity index (χ3n) is 2.47. The summed E-state index contributed by atoms with van der Waals surface area (Å²) in [4.78, 5) is 21.3. The minimum Gasteiger partial charge on any atom is -0.506 e. The molecule has 0 fully saturated rings. The molecule has 0 spiro atoms. The molecule has 1 unspecified atom stereocenters. The number of aromatic hydroxyl groups is 1. The minimum absolute atomic E-state index is 0. The molecule has 0 saturated carbocycles. The molecule has 118 valence electrons. The third kappa shape index (κ3) is 4.51. The van der Waals surface area contributed by atoms with Gasteiger partial charge in [0.2, 0.25) is 6.17 Å². The van der Waals surface area contributed by atoms with Crippen LogP contribution in [0.5, 0.6) is 5.75 Å². The van der Waals surface area contributed by atoms with Crippen LogP contribution < -0.4 is 5.73 Å². The van der Waals surface area contributed by atoms with Gasteiger partial charge in [-0.25, -0.2) is 9.18 Å². The highest BCUT2D eigenvalue weighted by Crippen LogP contribution is 2.36. The van der Waals surface area contributed by atoms with Crippen LogP contribution in [0.4, 0.5) is 10.1 Å². The van der Waals surface area contributed by atoms with Gasteiger partial charge >= 0.3 is 5.97 Å². The molecule has 0 aliphatic carbocycles. The molecule has 0 radical (unpaired) electrons. The molecule has 10 heteroatoms. The third-order valence-corrected chi connectivity index (χ3v) is 3.08. The standard InChI is InChI=1S/C11H12BrFN2O5.ClH/c1-2-20-11(17)8(13)9(14)6-3-5(15(18)19)4-7(12)10(6)16;/h3-4,8-9,16H,2,14H2,1H3;1H/t8?,9-;/m1./s1. The molecule has 0 saturated heterocycles. The van der Waals surface area contributed by atoms with E-state index in [2.05, 4.69) is 20.7 Å². The molecule has 0 bridgehead atoms. The Kier molecular flexibility index (Phi) is 7.55. The summed E-state index contributed by atoms with van der Waals surface area (Å²) >= 11 is 2.90. The van der Waals surface area contributed by atoms with E-state index in [-0.39, 0.29) is 29.1 Å². The van der Waals surface area contributed by atoms with Gasteiger partial charge in [-0.05, 0) is 22.9 Å². The smallest absolute Gasteiger partial charge is 0.342 e. The molecular weight excluding hydrogens is 374 g/mol. The SMILES string of the molecule is CCOC(=O)C(F)[C@H](N)c1cc([N+](=O)[O-])cc(Br)c1O.Cl. The maximum Gasteiger partial charge on any atom is 0.342 e. The average molecular weight is 388 g/mol. The van der Waals surface area contributed by atoms with E-state index in [1.165, 1.54) is 6.92 Å². The summed E-state index contributed by atoms with van der Waals surface area (Å²) in [5.41, 5.74) is 4.88. The van der Waals surface area contributed by atoms with Crippen LogP contribution in [0, 0.1) is 10.1 Å². The molecule has 2 atom stereocenters. The molecule has 3 N–H and O–H groups in total. The van der Waals surface area contributed by atoms with E-state index < -0.39 is 34.5 Å². The highest BCUT2D eigenvalue weighted by molar-refractivity contribution is 9.10. The lowest BCUT2D eigenvalue weighted by atomic mass is 10.0. The van der Waals surface area contributed by atoms with Gasteiger partial charge in [0.25, 0.3) is 5.69 Å². The fraction of sp³-hybridized carbons (Fsp3) is 0.364. The first-order chi connectivity index (χ1) is 9.29. The molecule has 0 aromatic heterocycles. The van der Waals surface area contributed by atoms with Crippen molar-refractivity contribution in [2.45, 2.75) is 19.1 Å². The number of phenolic OH excluding ortho intramolecular Hbond substituents is 1. The largest absolute Gasteiger partial charge is 0.506 e. The van der Waals surface area contributed by atoms with Crippen molar-refractivity contribution < 1.29 is 24.0 Å². The molecule has 0 aliphatic heterocycles. The van der Waals surface area contributed by atoms with Crippen LogP contribution in [0.2, 0.25) is 0 Å². The number of nitro groups is 1. The lowest BCUT2D eigenvalue weighted by molar-refractivity contribution is -0.385. The van der Waals surface area contributed by atoms with Crippen molar-refractivity contribution in [3.8, 4) is 5.75 Å². The van der Waals surface area contributed by atoms with Crippen molar-refractivity contribution in [1.29, 1.82) is 0 Å². The number of ether oxygens (including phenoxy) is 1. The molecule has 1 rings (SSSR count). The Balaban J connectivity index is 0.00000400. The lowest BCUT2D eigenvalue weighted by Gasteiger charge is -2.17. The number of carbonyl (C=O) groups is 1. The highest BCUT2D eigenvalue weighted by Gasteiger charge is 2.31. The normalized spacial score (nSPS) is 13.0. The fourth-order valence-electron chi connectivity index (χ4n) is 1.49. The average Bonchev–Trinajstić information content (AvgIpc) is 2.40. The van der Waals surface area contributed by atoms with E-state index in [0.717, 1.165) is 12.1 Å². The minimum atomic E-state index is -2.24. The van der Waals surface area contributed by atoms with Crippen LogP contribution >= 0.6 is 28.3 Å². The van der Waals surface area contributed by atoms with Crippen molar-refractivity contribution in [2.24, 2.45) is 5.73 Å². The van der Waals surface area contributed by atoms with Crippen LogP contribution in [-0.4, -0.2) is 28.8 Å². The van der Waals surface area contributed by atoms with Crippen LogP contribution in [0.15, 0.2) is 16.6 Å². The van der Waals surface area contributed by atoms with Gasteiger partial charge in [0, 0.05) is 17.7 Å². The summed E-state index contributed by atoms with van der Waals surface area (Å²) in [6.07, 6.45) is -2.24. The van der Waals surface area contributed by atoms with Crippen LogP contribution in [0.3, 0.4) is 0 Å². The molecule has 1 aromatic rings. The van der Waals surface area contributed by atoms with Gasteiger partial charge in [0.05, 0.1) is 22.0 Å². The van der Waals surface area contributed by atoms with Crippen molar-refractivity contribution in [1.82, 2.24) is 0 Å². The first-order valence-electron chi connectivity index (χ1n) is 5.52. The number of esters is 1. The number of rotatable bonds is 5. The number of non-ortho nitro benzene ring substituents is 1. The Hall–Kier alpha value is -1.45. The Morgan fingerprint density at radius 1 is 1.62 bits per heavy atom. The van der Waals surface area contributed by atoms with E-state index in [1.807, 2.05) is 0 Å². The van der Waals surface area contributed by atoms with Gasteiger partial charge < -0.3 is 15.6 Å². The maximum absolute atomic E-state index is 13.8. The summed E-state index contributed by atoms with van der Waals surface area (Å²) in [6.45, 7) is 1.47. The Morgan fingerprint density at radius 2 is 2.19 bits per heavy atom. The van der Waals surface area contributed by atoms with Crippen molar-refractivity contribution in [2.75, 3.05) is 6.61 Å². The number of hydrogen-bond donors (Lipinski definition) is 2. The molecule has 0 amide bonds. The number of phenols is 1. The first kappa shape index (κ1) is 19.6. The summed E-state index contributed by atoms with van der Waals surface area (Å²) in [5, 5.41) is 20.5. The molecule has 7 nitrogen and oxygen atoms in total. The zero-order chi connectivity index (χ0) is 15.4. The predicted molar refractivity (Wildman–Crippen MR) is 78.2 cm³/mol. The first-order valence-corrected chi connectivity index (χ1v) is 6.32. The Morgan fingerprint density at radius 3 is 2.67 bits per heavy atom. The van der Waals surface area contributed by atoms with Gasteiger partial charge in [-0.15, -0.1) is 12.4 Å². The van der Waals surface area contributed by atoms with Crippen molar-refractivity contribution >= 4 is 40.0 Å². The van der Waals surface area contributed by atoms with E-state index in [9.17, 15) is 24.4 Å². The Bertz CT molecular complexity index is 546. The van der Waals surface area contributed by atoms with E-state index in [1.54, 1.807) is 0 Å². The monoisotopic (exact) mass is 386 g/mol. The van der Waals surface area contributed by atoms with Crippen LogP contribution in [-0.2, 0) is 9.53 Å². The quantitative estimate of drug-likeness (QED) is 0.455. The zero-order valence-electron chi connectivity index (χ0n) is 10.8. The number of benzene rings is 1. The summed E-state index contributed by atoms with van der Waals surface area (Å²) < 4.78 is 18.3. The predicted octanol–water partition coefficient (Wildman–Crippen LogP) is 2.39. The van der Waals surface area contributed by atoms with Gasteiger partial charge in [-0.3, -0.25) is 10.1 Å². The van der Waals surface area contributed by atoms with Crippen LogP contribution in [0.1, 0.15) is 18.5 Å². The second-order valence-electron chi connectivity index (χ2n) is 3.80. The molecular formula is C11H13BrClFN2O5. The van der Waals surface area contributed by atoms with Crippen molar-refractivity contribution in [3.63, 3.8) is 0 Å². The molecule has 21 heavy (non-hydrogen) atoms. The number of carbonyl (C=O) groups excluding carboxylic acids is 1. The topological polar surface area (TPSA) is 116 Å². The fourth-order valence-corrected chi connectivity index (χ4v) is 1.95. The zero-order valence-corrected chi connectivity index (χ0v) is 13.2. The lowest BCUT2D eigenvalue weighted by Crippen LogP contribution is -2.31. The summed E-state index contributed by atoms with van der Waals surface area (Å²) in [5.74, 6) is -1.66. The Labute approximate surface area is 134 Å². The number of alkyl halides is 1. The molecule has 0 aliphatic rings. The van der Waals surface area contributed by atoms with Gasteiger partial charge in [0.1, 0.15) is 5.75 Å². The summed E-state index contributed by atoms with van der Waals surface area (Å²) in [7, 11) is 0. The molecule has 0 heterocycles. The second kappa shape index (κ2) is 8.11. The van der Waals surface area contributed by atoms with E-state index in [4.69, 9.17) is 5.73 Å². The molecule has 1 aromatic carbocycles.